The van der Waals surface area contributed by atoms with Crippen LogP contribution in [0.25, 0.3) is 0 Å². The highest BCUT2D eigenvalue weighted by Crippen LogP contribution is 2.26. The molecule has 7 unspecified atom stereocenters. The molecule has 0 aromatic rings. The number of aliphatic hydroxyl groups is 4. The summed E-state index contributed by atoms with van der Waals surface area (Å²) in [6.45, 7) is 3.51. The zero-order valence-corrected chi connectivity index (χ0v) is 46.2. The normalized spacial score (nSPS) is 19.4. The van der Waals surface area contributed by atoms with Gasteiger partial charge in [0.05, 0.1) is 25.4 Å². The van der Waals surface area contributed by atoms with Crippen molar-refractivity contribution < 1.29 is 51.8 Å². The van der Waals surface area contributed by atoms with Crippen molar-refractivity contribution in [3.05, 3.63) is 0 Å². The standard InChI is InChI=1S/C57H113NO11S/c1-3-5-7-9-11-13-15-17-19-21-23-24-25-26-27-28-29-31-33-35-37-39-41-43-45-47-53(61)58-50(49-67-57-55(63)56(69-70(64,65)66)54(62)52(48-59)68-57)51(60)46-44-42-40-38-36-34-32-30-22-20-18-16-14-12-10-8-6-4-2/h50-52,54-57,59-60,62-63H,3-49H2,1-2H3,(H,58,61)(H,64,65,66). The van der Waals surface area contributed by atoms with Crippen LogP contribution in [0.4, 0.5) is 0 Å². The van der Waals surface area contributed by atoms with Gasteiger partial charge in [-0.3, -0.25) is 9.35 Å². The van der Waals surface area contributed by atoms with Crippen LogP contribution in [0.5, 0.6) is 0 Å². The lowest BCUT2D eigenvalue weighted by Crippen LogP contribution is -2.61. The monoisotopic (exact) mass is 1020 g/mol. The smallest absolute Gasteiger partial charge is 0.394 e. The Hall–Kier alpha value is -0.900. The van der Waals surface area contributed by atoms with E-state index < -0.39 is 59.9 Å². The molecule has 1 rings (SSSR count). The summed E-state index contributed by atoms with van der Waals surface area (Å²) in [5, 5.41) is 45.1. The lowest BCUT2D eigenvalue weighted by atomic mass is 9.99. The molecule has 1 fully saturated rings. The molecule has 0 aromatic carbocycles. The second kappa shape index (κ2) is 47.8. The Bertz CT molecular complexity index is 1240. The maximum Gasteiger partial charge on any atom is 0.397 e. The molecule has 418 valence electrons. The maximum absolute atomic E-state index is 13.2. The summed E-state index contributed by atoms with van der Waals surface area (Å²) < 4.78 is 47.9. The average molecular weight is 1020 g/mol. The molecule has 12 nitrogen and oxygen atoms in total. The van der Waals surface area contributed by atoms with Crippen molar-refractivity contribution in [2.75, 3.05) is 13.2 Å². The second-order valence-electron chi connectivity index (χ2n) is 21.3. The van der Waals surface area contributed by atoms with Gasteiger partial charge in [-0.2, -0.15) is 8.42 Å². The summed E-state index contributed by atoms with van der Waals surface area (Å²) in [4.78, 5) is 13.2. The number of amides is 1. The van der Waals surface area contributed by atoms with Crippen molar-refractivity contribution in [3.63, 3.8) is 0 Å². The van der Waals surface area contributed by atoms with E-state index in [0.29, 0.717) is 12.8 Å². The van der Waals surface area contributed by atoms with E-state index in [4.69, 9.17) is 9.47 Å². The Morgan fingerprint density at radius 3 is 1.14 bits per heavy atom. The molecule has 1 aliphatic rings. The minimum atomic E-state index is -5.08. The molecule has 13 heteroatoms. The molecule has 70 heavy (non-hydrogen) atoms. The van der Waals surface area contributed by atoms with Crippen LogP contribution in [0.3, 0.4) is 0 Å². The van der Waals surface area contributed by atoms with Gasteiger partial charge in [-0.05, 0) is 12.8 Å². The lowest BCUT2D eigenvalue weighted by molar-refractivity contribution is -0.298. The predicted octanol–water partition coefficient (Wildman–Crippen LogP) is 14.1. The summed E-state index contributed by atoms with van der Waals surface area (Å²) >= 11 is 0. The van der Waals surface area contributed by atoms with Gasteiger partial charge in [0, 0.05) is 6.42 Å². The largest absolute Gasteiger partial charge is 0.397 e. The summed E-state index contributed by atoms with van der Waals surface area (Å²) in [5.41, 5.74) is 0. The summed E-state index contributed by atoms with van der Waals surface area (Å²) in [6, 6.07) is -0.853. The zero-order valence-electron chi connectivity index (χ0n) is 45.4. The van der Waals surface area contributed by atoms with E-state index in [1.165, 1.54) is 225 Å². The van der Waals surface area contributed by atoms with Crippen LogP contribution in [0.2, 0.25) is 0 Å². The maximum atomic E-state index is 13.2. The average Bonchev–Trinajstić information content (AvgIpc) is 3.33. The van der Waals surface area contributed by atoms with Gasteiger partial charge in [0.15, 0.2) is 6.29 Å². The van der Waals surface area contributed by atoms with Crippen LogP contribution in [0, 0.1) is 0 Å². The second-order valence-corrected chi connectivity index (χ2v) is 22.4. The molecular weight excluding hydrogens is 907 g/mol. The van der Waals surface area contributed by atoms with Gasteiger partial charge in [0.25, 0.3) is 0 Å². The Labute approximate surface area is 430 Å². The number of ether oxygens (including phenoxy) is 2. The SMILES string of the molecule is CCCCCCCCCCCCCCCCCCCCCCCCCCCC(=O)NC(COC1OC(CO)C(O)C(OS(=O)(=O)O)C1O)C(O)CCCCCCCCCCCCCCCCCCCC. The zero-order chi connectivity index (χ0) is 51.2. The van der Waals surface area contributed by atoms with Gasteiger partial charge < -0.3 is 35.2 Å². The molecule has 0 saturated carbocycles. The van der Waals surface area contributed by atoms with E-state index in [0.717, 1.165) is 51.4 Å². The summed E-state index contributed by atoms with van der Waals surface area (Å²) in [7, 11) is -5.08. The molecular formula is C57H113NO11S. The number of hydrogen-bond acceptors (Lipinski definition) is 10. The van der Waals surface area contributed by atoms with Gasteiger partial charge in [-0.15, -0.1) is 0 Å². The Morgan fingerprint density at radius 1 is 0.514 bits per heavy atom. The molecule has 0 aliphatic carbocycles. The molecule has 1 saturated heterocycles. The Kier molecular flexibility index (Phi) is 45.8. The van der Waals surface area contributed by atoms with Crippen molar-refractivity contribution in [3.8, 4) is 0 Å². The van der Waals surface area contributed by atoms with E-state index in [1.54, 1.807) is 0 Å². The molecule has 0 bridgehead atoms. The molecule has 1 heterocycles. The lowest BCUT2D eigenvalue weighted by Gasteiger charge is -2.41. The molecule has 6 N–H and O–H groups in total. The topological polar surface area (TPSA) is 192 Å². The van der Waals surface area contributed by atoms with Gasteiger partial charge in [0.2, 0.25) is 5.91 Å². The van der Waals surface area contributed by atoms with Crippen LogP contribution < -0.4 is 5.32 Å². The highest BCUT2D eigenvalue weighted by molar-refractivity contribution is 7.80. The van der Waals surface area contributed by atoms with Crippen molar-refractivity contribution in [2.24, 2.45) is 0 Å². The number of unbranched alkanes of at least 4 members (excludes halogenated alkanes) is 41. The fourth-order valence-corrected chi connectivity index (χ4v) is 10.6. The minimum absolute atomic E-state index is 0.221. The first-order chi connectivity index (χ1) is 34.0. The number of rotatable bonds is 53. The predicted molar refractivity (Wildman–Crippen MR) is 287 cm³/mol. The highest BCUT2D eigenvalue weighted by atomic mass is 32.3. The van der Waals surface area contributed by atoms with Gasteiger partial charge in [-0.25, -0.2) is 4.18 Å². The molecule has 1 aliphatic heterocycles. The van der Waals surface area contributed by atoms with Gasteiger partial charge >= 0.3 is 10.4 Å². The number of carbonyl (C=O) groups is 1. The molecule has 7 atom stereocenters. The van der Waals surface area contributed by atoms with Crippen LogP contribution in [0.15, 0.2) is 0 Å². The van der Waals surface area contributed by atoms with Crippen LogP contribution in [-0.2, 0) is 28.9 Å². The van der Waals surface area contributed by atoms with Crippen molar-refractivity contribution in [1.82, 2.24) is 5.32 Å². The van der Waals surface area contributed by atoms with Crippen LogP contribution in [-0.4, -0.2) is 95.4 Å². The first kappa shape index (κ1) is 67.1. The van der Waals surface area contributed by atoms with Crippen molar-refractivity contribution in [2.45, 2.75) is 346 Å². The van der Waals surface area contributed by atoms with E-state index >= 15 is 0 Å². The third kappa shape index (κ3) is 39.5. The molecule has 0 spiro atoms. The first-order valence-corrected chi connectivity index (χ1v) is 31.3. The van der Waals surface area contributed by atoms with E-state index in [1.807, 2.05) is 0 Å². The van der Waals surface area contributed by atoms with E-state index in [2.05, 4.69) is 23.3 Å². The molecule has 0 radical (unpaired) electrons. The van der Waals surface area contributed by atoms with Crippen LogP contribution in [0.1, 0.15) is 303 Å². The fraction of sp³-hybridized carbons (Fsp3) is 0.982. The van der Waals surface area contributed by atoms with Gasteiger partial charge in [0.1, 0.15) is 24.4 Å². The van der Waals surface area contributed by atoms with Gasteiger partial charge in [-0.1, -0.05) is 284 Å². The van der Waals surface area contributed by atoms with Crippen molar-refractivity contribution >= 4 is 16.3 Å². The molecule has 0 aromatic heterocycles. The number of aliphatic hydroxyl groups excluding tert-OH is 4. The first-order valence-electron chi connectivity index (χ1n) is 29.9. The van der Waals surface area contributed by atoms with Crippen molar-refractivity contribution in [1.29, 1.82) is 0 Å². The van der Waals surface area contributed by atoms with E-state index in [9.17, 15) is 38.2 Å². The van der Waals surface area contributed by atoms with E-state index in [-0.39, 0.29) is 12.5 Å². The fourth-order valence-electron chi connectivity index (χ4n) is 10.1. The minimum Gasteiger partial charge on any atom is -0.394 e. The molecule has 1 amide bonds. The number of nitrogens with one attached hydrogen (secondary N) is 1. The number of carbonyl (C=O) groups excluding carboxylic acids is 1. The Balaban J connectivity index is 2.31. The number of hydrogen-bond donors (Lipinski definition) is 6. The quantitative estimate of drug-likeness (QED) is 0.0251. The highest BCUT2D eigenvalue weighted by Gasteiger charge is 2.48. The summed E-state index contributed by atoms with van der Waals surface area (Å²) in [6.07, 6.45) is 46.8. The third-order valence-corrected chi connectivity index (χ3v) is 15.1. The summed E-state index contributed by atoms with van der Waals surface area (Å²) in [5.74, 6) is -0.221. The third-order valence-electron chi connectivity index (χ3n) is 14.7. The Morgan fingerprint density at radius 2 is 0.829 bits per heavy atom. The van der Waals surface area contributed by atoms with Crippen LogP contribution >= 0.6 is 0 Å².